The lowest BCUT2D eigenvalue weighted by molar-refractivity contribution is -0.125. The van der Waals surface area contributed by atoms with E-state index < -0.39 is 0 Å². The van der Waals surface area contributed by atoms with Gasteiger partial charge in [-0.05, 0) is 38.6 Å². The monoisotopic (exact) mass is 211 g/mol. The van der Waals surface area contributed by atoms with Gasteiger partial charge in [-0.1, -0.05) is 0 Å². The molecule has 4 heteroatoms. The van der Waals surface area contributed by atoms with Gasteiger partial charge in [-0.2, -0.15) is 0 Å². The number of amides is 1. The van der Waals surface area contributed by atoms with E-state index in [-0.39, 0.29) is 11.8 Å². The zero-order chi connectivity index (χ0) is 10.7. The molecule has 0 aromatic heterocycles. The molecule has 86 valence electrons. The number of fused-ring (bicyclic) bond motifs is 2. The number of nitrogens with two attached hydrogens (primary N) is 1. The minimum absolute atomic E-state index is 0.224. The Bertz CT molecular complexity index is 232. The first-order valence-corrected chi connectivity index (χ1v) is 6.05. The van der Waals surface area contributed by atoms with E-state index in [1.807, 2.05) is 0 Å². The van der Waals surface area contributed by atoms with Crippen molar-refractivity contribution in [1.82, 2.24) is 10.6 Å². The van der Waals surface area contributed by atoms with Crippen molar-refractivity contribution < 1.29 is 4.79 Å². The van der Waals surface area contributed by atoms with Gasteiger partial charge in [0.05, 0.1) is 5.92 Å². The molecule has 4 N–H and O–H groups in total. The van der Waals surface area contributed by atoms with Crippen LogP contribution < -0.4 is 16.4 Å². The molecule has 0 saturated carbocycles. The molecule has 15 heavy (non-hydrogen) atoms. The Balaban J connectivity index is 1.68. The molecular formula is C11H21N3O. The third-order valence-electron chi connectivity index (χ3n) is 3.57. The van der Waals surface area contributed by atoms with Crippen LogP contribution in [0.15, 0.2) is 0 Å². The van der Waals surface area contributed by atoms with Crippen LogP contribution in [0.5, 0.6) is 0 Å². The van der Waals surface area contributed by atoms with Gasteiger partial charge >= 0.3 is 0 Å². The standard InChI is InChI=1S/C11H21N3O/c12-5-1-2-6-13-11(15)9-7-8-3-4-10(9)14-8/h8-10,14H,1-7,12H2,(H,13,15). The molecule has 0 aromatic rings. The van der Waals surface area contributed by atoms with Crippen LogP contribution in [0.25, 0.3) is 0 Å². The van der Waals surface area contributed by atoms with Crippen molar-refractivity contribution in [2.75, 3.05) is 13.1 Å². The van der Waals surface area contributed by atoms with E-state index in [4.69, 9.17) is 5.73 Å². The van der Waals surface area contributed by atoms with Crippen LogP contribution in [0.1, 0.15) is 32.1 Å². The van der Waals surface area contributed by atoms with Crippen molar-refractivity contribution in [2.45, 2.75) is 44.2 Å². The highest BCUT2D eigenvalue weighted by Gasteiger charge is 2.42. The number of hydrogen-bond acceptors (Lipinski definition) is 3. The number of carbonyl (C=O) groups excluding carboxylic acids is 1. The molecule has 2 aliphatic rings. The van der Waals surface area contributed by atoms with Crippen LogP contribution in [-0.2, 0) is 4.79 Å². The van der Waals surface area contributed by atoms with E-state index in [2.05, 4.69) is 10.6 Å². The fourth-order valence-electron chi connectivity index (χ4n) is 2.73. The smallest absolute Gasteiger partial charge is 0.224 e. The Morgan fingerprint density at radius 1 is 1.40 bits per heavy atom. The van der Waals surface area contributed by atoms with Gasteiger partial charge in [-0.25, -0.2) is 0 Å². The third kappa shape index (κ3) is 2.49. The molecule has 2 saturated heterocycles. The van der Waals surface area contributed by atoms with Crippen molar-refractivity contribution in [3.8, 4) is 0 Å². The van der Waals surface area contributed by atoms with E-state index in [0.717, 1.165) is 25.8 Å². The lowest BCUT2D eigenvalue weighted by atomic mass is 9.88. The maximum Gasteiger partial charge on any atom is 0.224 e. The van der Waals surface area contributed by atoms with Gasteiger partial charge < -0.3 is 16.4 Å². The summed E-state index contributed by atoms with van der Waals surface area (Å²) in [6.07, 6.45) is 5.45. The zero-order valence-corrected chi connectivity index (χ0v) is 9.17. The summed E-state index contributed by atoms with van der Waals surface area (Å²) in [4.78, 5) is 11.8. The Morgan fingerprint density at radius 3 is 2.87 bits per heavy atom. The summed E-state index contributed by atoms with van der Waals surface area (Å²) in [5, 5.41) is 6.49. The number of carbonyl (C=O) groups is 1. The van der Waals surface area contributed by atoms with Gasteiger partial charge in [0, 0.05) is 18.6 Å². The lowest BCUT2D eigenvalue weighted by Crippen LogP contribution is -2.37. The number of hydrogen-bond donors (Lipinski definition) is 3. The normalized spacial score (nSPS) is 33.3. The molecule has 2 rings (SSSR count). The molecule has 0 aliphatic carbocycles. The molecule has 4 nitrogen and oxygen atoms in total. The number of unbranched alkanes of at least 4 members (excludes halogenated alkanes) is 1. The highest BCUT2D eigenvalue weighted by molar-refractivity contribution is 5.80. The van der Waals surface area contributed by atoms with Crippen LogP contribution in [-0.4, -0.2) is 31.1 Å². The van der Waals surface area contributed by atoms with E-state index >= 15 is 0 Å². The number of nitrogens with one attached hydrogen (secondary N) is 2. The first-order valence-electron chi connectivity index (χ1n) is 6.05. The molecule has 2 heterocycles. The van der Waals surface area contributed by atoms with E-state index in [1.54, 1.807) is 0 Å². The largest absolute Gasteiger partial charge is 0.356 e. The lowest BCUT2D eigenvalue weighted by Gasteiger charge is -2.19. The average Bonchev–Trinajstić information content (AvgIpc) is 2.85. The summed E-state index contributed by atoms with van der Waals surface area (Å²) in [5.41, 5.74) is 5.39. The summed E-state index contributed by atoms with van der Waals surface area (Å²) in [6.45, 7) is 1.50. The number of rotatable bonds is 5. The van der Waals surface area contributed by atoms with Crippen molar-refractivity contribution >= 4 is 5.91 Å². The predicted molar refractivity (Wildman–Crippen MR) is 59.4 cm³/mol. The quantitative estimate of drug-likeness (QED) is 0.560. The second kappa shape index (κ2) is 4.94. The molecule has 2 bridgehead atoms. The molecule has 0 aromatic carbocycles. The summed E-state index contributed by atoms with van der Waals surface area (Å²) in [6, 6.07) is 1.05. The molecule has 0 spiro atoms. The summed E-state index contributed by atoms with van der Waals surface area (Å²) < 4.78 is 0. The minimum Gasteiger partial charge on any atom is -0.356 e. The van der Waals surface area contributed by atoms with Crippen LogP contribution in [0, 0.1) is 5.92 Å². The van der Waals surface area contributed by atoms with Crippen LogP contribution in [0.2, 0.25) is 0 Å². The second-order valence-corrected chi connectivity index (χ2v) is 4.68. The first kappa shape index (κ1) is 10.9. The first-order chi connectivity index (χ1) is 7.31. The summed E-state index contributed by atoms with van der Waals surface area (Å²) >= 11 is 0. The van der Waals surface area contributed by atoms with Crippen molar-refractivity contribution in [3.05, 3.63) is 0 Å². The highest BCUT2D eigenvalue weighted by Crippen LogP contribution is 2.33. The minimum atomic E-state index is 0.224. The molecule has 3 atom stereocenters. The van der Waals surface area contributed by atoms with E-state index in [0.29, 0.717) is 18.6 Å². The summed E-state index contributed by atoms with van der Waals surface area (Å²) in [5.74, 6) is 0.466. The van der Waals surface area contributed by atoms with Gasteiger partial charge in [-0.3, -0.25) is 4.79 Å². The van der Waals surface area contributed by atoms with Gasteiger partial charge in [-0.15, -0.1) is 0 Å². The van der Waals surface area contributed by atoms with E-state index in [1.165, 1.54) is 12.8 Å². The van der Waals surface area contributed by atoms with Crippen LogP contribution in [0.4, 0.5) is 0 Å². The fraction of sp³-hybridized carbons (Fsp3) is 0.909. The topological polar surface area (TPSA) is 67.1 Å². The molecular weight excluding hydrogens is 190 g/mol. The molecule has 0 radical (unpaired) electrons. The van der Waals surface area contributed by atoms with Gasteiger partial charge in [0.25, 0.3) is 0 Å². The molecule has 1 amide bonds. The van der Waals surface area contributed by atoms with Crippen LogP contribution in [0.3, 0.4) is 0 Å². The van der Waals surface area contributed by atoms with Gasteiger partial charge in [0.2, 0.25) is 5.91 Å². The van der Waals surface area contributed by atoms with Crippen molar-refractivity contribution in [2.24, 2.45) is 11.7 Å². The van der Waals surface area contributed by atoms with Gasteiger partial charge in [0.1, 0.15) is 0 Å². The van der Waals surface area contributed by atoms with Gasteiger partial charge in [0.15, 0.2) is 0 Å². The Labute approximate surface area is 91.0 Å². The predicted octanol–water partition coefficient (Wildman–Crippen LogP) is -0.0180. The van der Waals surface area contributed by atoms with Crippen molar-refractivity contribution in [1.29, 1.82) is 0 Å². The fourth-order valence-corrected chi connectivity index (χ4v) is 2.73. The third-order valence-corrected chi connectivity index (χ3v) is 3.57. The highest BCUT2D eigenvalue weighted by atomic mass is 16.1. The second-order valence-electron chi connectivity index (χ2n) is 4.68. The van der Waals surface area contributed by atoms with E-state index in [9.17, 15) is 4.79 Å². The Kier molecular flexibility index (Phi) is 3.59. The summed E-state index contributed by atoms with van der Waals surface area (Å²) in [7, 11) is 0. The Morgan fingerprint density at radius 2 is 2.27 bits per heavy atom. The average molecular weight is 211 g/mol. The molecule has 2 aliphatic heterocycles. The molecule has 3 unspecified atom stereocenters. The Hall–Kier alpha value is -0.610. The SMILES string of the molecule is NCCCCNC(=O)C1CC2CCC1N2. The van der Waals surface area contributed by atoms with Crippen LogP contribution >= 0.6 is 0 Å². The van der Waals surface area contributed by atoms with Crippen molar-refractivity contribution in [3.63, 3.8) is 0 Å². The maximum absolute atomic E-state index is 11.8. The maximum atomic E-state index is 11.8. The zero-order valence-electron chi connectivity index (χ0n) is 9.17. The molecule has 2 fully saturated rings.